The lowest BCUT2D eigenvalue weighted by molar-refractivity contribution is 0.229. The Bertz CT molecular complexity index is 595. The molecule has 2 rings (SSSR count). The third kappa shape index (κ3) is 2.14. The molecule has 0 unspecified atom stereocenters. The van der Waals surface area contributed by atoms with Crippen LogP contribution in [0.2, 0.25) is 0 Å². The highest BCUT2D eigenvalue weighted by atomic mass is 32.1. The first-order valence-electron chi connectivity index (χ1n) is 5.86. The third-order valence-corrected chi connectivity index (χ3v) is 5.72. The number of fused-ring (bicyclic) bond motifs is 1. The van der Waals surface area contributed by atoms with Crippen molar-refractivity contribution in [3.8, 4) is 0 Å². The topological polar surface area (TPSA) is 52.8 Å². The number of rotatable bonds is 5. The van der Waals surface area contributed by atoms with Gasteiger partial charge in [0.1, 0.15) is 0 Å². The summed E-state index contributed by atoms with van der Waals surface area (Å²) in [6.07, 6.45) is 0. The predicted molar refractivity (Wildman–Crippen MR) is 73.0 cm³/mol. The molecule has 2 aromatic heterocycles. The molecule has 0 aromatic carbocycles. The van der Waals surface area contributed by atoms with E-state index < -0.39 is 7.60 Å². The molecule has 2 aromatic rings. The van der Waals surface area contributed by atoms with E-state index in [9.17, 15) is 4.57 Å². The van der Waals surface area contributed by atoms with Gasteiger partial charge in [0.2, 0.25) is 0 Å². The van der Waals surface area contributed by atoms with Crippen LogP contribution in [0, 0.1) is 13.8 Å². The van der Waals surface area contributed by atoms with Crippen molar-refractivity contribution >= 4 is 29.3 Å². The van der Waals surface area contributed by atoms with Gasteiger partial charge in [-0.3, -0.25) is 8.97 Å². The molecule has 0 saturated heterocycles. The maximum Gasteiger partial charge on any atom is 0.379 e. The highest BCUT2D eigenvalue weighted by Crippen LogP contribution is 2.48. The van der Waals surface area contributed by atoms with Crippen molar-refractivity contribution in [1.82, 2.24) is 9.38 Å². The average Bonchev–Trinajstić information content (AvgIpc) is 2.79. The summed E-state index contributed by atoms with van der Waals surface area (Å²) in [4.78, 5) is 5.23. The predicted octanol–water partition coefficient (Wildman–Crippen LogP) is 2.90. The molecule has 0 atom stereocenters. The SMILES string of the molecule is CCOP(=O)(OCC)c1c(C)nc2scc(C)n12. The second-order valence-electron chi connectivity index (χ2n) is 3.85. The molecule has 7 heteroatoms. The summed E-state index contributed by atoms with van der Waals surface area (Å²) in [6, 6.07) is 0. The van der Waals surface area contributed by atoms with E-state index >= 15 is 0 Å². The first-order valence-corrected chi connectivity index (χ1v) is 8.28. The molecule has 0 radical (unpaired) electrons. The second-order valence-corrected chi connectivity index (χ2v) is 6.62. The molecule has 0 aliphatic carbocycles. The normalized spacial score (nSPS) is 12.4. The van der Waals surface area contributed by atoms with Gasteiger partial charge in [0.05, 0.1) is 18.9 Å². The van der Waals surface area contributed by atoms with Gasteiger partial charge in [-0.25, -0.2) is 4.98 Å². The fraction of sp³-hybridized carbons (Fsp3) is 0.545. The Balaban J connectivity index is 2.66. The fourth-order valence-corrected chi connectivity index (χ4v) is 4.83. The Morgan fingerprint density at radius 1 is 1.33 bits per heavy atom. The zero-order valence-corrected chi connectivity index (χ0v) is 12.7. The van der Waals surface area contributed by atoms with Crippen LogP contribution >= 0.6 is 18.9 Å². The Labute approximate surface area is 110 Å². The summed E-state index contributed by atoms with van der Waals surface area (Å²) >= 11 is 1.52. The number of imidazole rings is 1. The molecule has 5 nitrogen and oxygen atoms in total. The first kappa shape index (κ1) is 13.7. The molecule has 0 aliphatic heterocycles. The Hall–Kier alpha value is -0.680. The molecule has 0 spiro atoms. The van der Waals surface area contributed by atoms with Crippen molar-refractivity contribution in [2.75, 3.05) is 13.2 Å². The lowest BCUT2D eigenvalue weighted by Crippen LogP contribution is -2.18. The molecule has 0 amide bonds. The summed E-state index contributed by atoms with van der Waals surface area (Å²) in [6.45, 7) is 8.08. The Morgan fingerprint density at radius 2 is 1.94 bits per heavy atom. The monoisotopic (exact) mass is 288 g/mol. The number of aromatic nitrogens is 2. The van der Waals surface area contributed by atoms with Gasteiger partial charge in [0.15, 0.2) is 10.4 Å². The number of hydrogen-bond donors (Lipinski definition) is 0. The minimum atomic E-state index is -3.29. The maximum atomic E-state index is 12.9. The molecule has 0 N–H and O–H groups in total. The van der Waals surface area contributed by atoms with Gasteiger partial charge in [-0.05, 0) is 27.7 Å². The molecular weight excluding hydrogens is 271 g/mol. The maximum absolute atomic E-state index is 12.9. The van der Waals surface area contributed by atoms with E-state index in [0.717, 1.165) is 10.7 Å². The lowest BCUT2D eigenvalue weighted by atomic mass is 10.5. The quantitative estimate of drug-likeness (QED) is 0.794. The minimum absolute atomic E-state index is 0.340. The van der Waals surface area contributed by atoms with E-state index in [1.807, 2.05) is 23.6 Å². The van der Waals surface area contributed by atoms with Gasteiger partial charge in [-0.15, -0.1) is 11.3 Å². The Kier molecular flexibility index (Phi) is 3.92. The van der Waals surface area contributed by atoms with E-state index in [1.54, 1.807) is 13.8 Å². The van der Waals surface area contributed by atoms with Crippen molar-refractivity contribution in [2.24, 2.45) is 0 Å². The van der Waals surface area contributed by atoms with Crippen molar-refractivity contribution in [2.45, 2.75) is 27.7 Å². The summed E-state index contributed by atoms with van der Waals surface area (Å²) in [7, 11) is -3.29. The lowest BCUT2D eigenvalue weighted by Gasteiger charge is -2.17. The fourth-order valence-electron chi connectivity index (χ4n) is 1.90. The van der Waals surface area contributed by atoms with Crippen LogP contribution in [0.5, 0.6) is 0 Å². The summed E-state index contributed by atoms with van der Waals surface area (Å²) in [5, 5.41) is 1.98. The summed E-state index contributed by atoms with van der Waals surface area (Å²) in [5.74, 6) is 0. The van der Waals surface area contributed by atoms with Crippen LogP contribution in [0.1, 0.15) is 25.2 Å². The van der Waals surface area contributed by atoms with Crippen molar-refractivity contribution in [3.05, 3.63) is 16.8 Å². The molecule has 2 heterocycles. The van der Waals surface area contributed by atoms with Gasteiger partial charge >= 0.3 is 7.60 Å². The largest absolute Gasteiger partial charge is 0.379 e. The van der Waals surface area contributed by atoms with E-state index in [-0.39, 0.29) is 0 Å². The molecule has 0 aliphatic rings. The number of hydrogen-bond acceptors (Lipinski definition) is 5. The van der Waals surface area contributed by atoms with Crippen LogP contribution in [0.4, 0.5) is 0 Å². The van der Waals surface area contributed by atoms with Gasteiger partial charge in [0, 0.05) is 11.1 Å². The highest BCUT2D eigenvalue weighted by Gasteiger charge is 2.34. The van der Waals surface area contributed by atoms with E-state index in [0.29, 0.717) is 24.3 Å². The smallest absolute Gasteiger partial charge is 0.304 e. The van der Waals surface area contributed by atoms with Gasteiger partial charge in [0.25, 0.3) is 0 Å². The van der Waals surface area contributed by atoms with Crippen LogP contribution in [0.15, 0.2) is 5.38 Å². The van der Waals surface area contributed by atoms with Crippen molar-refractivity contribution in [1.29, 1.82) is 0 Å². The Morgan fingerprint density at radius 3 is 2.50 bits per heavy atom. The van der Waals surface area contributed by atoms with E-state index in [4.69, 9.17) is 9.05 Å². The zero-order chi connectivity index (χ0) is 13.3. The average molecular weight is 288 g/mol. The van der Waals surface area contributed by atoms with Gasteiger partial charge in [-0.2, -0.15) is 0 Å². The highest BCUT2D eigenvalue weighted by molar-refractivity contribution is 7.62. The van der Waals surface area contributed by atoms with Crippen molar-refractivity contribution < 1.29 is 13.6 Å². The molecule has 18 heavy (non-hydrogen) atoms. The van der Waals surface area contributed by atoms with Crippen LogP contribution < -0.4 is 5.44 Å². The molecule has 0 fully saturated rings. The van der Waals surface area contributed by atoms with Crippen LogP contribution in [-0.2, 0) is 13.6 Å². The van der Waals surface area contributed by atoms with E-state index in [1.165, 1.54) is 11.3 Å². The van der Waals surface area contributed by atoms with Crippen LogP contribution in [0.25, 0.3) is 4.96 Å². The third-order valence-electron chi connectivity index (χ3n) is 2.54. The first-order chi connectivity index (χ1) is 8.53. The molecule has 0 saturated carbocycles. The molecule has 100 valence electrons. The van der Waals surface area contributed by atoms with Gasteiger partial charge < -0.3 is 9.05 Å². The van der Waals surface area contributed by atoms with Gasteiger partial charge in [-0.1, -0.05) is 0 Å². The summed E-state index contributed by atoms with van der Waals surface area (Å²) in [5.41, 5.74) is 2.25. The number of aryl methyl sites for hydroxylation is 2. The van der Waals surface area contributed by atoms with Crippen LogP contribution in [-0.4, -0.2) is 22.6 Å². The molecule has 0 bridgehead atoms. The minimum Gasteiger partial charge on any atom is -0.304 e. The van der Waals surface area contributed by atoms with Crippen LogP contribution in [0.3, 0.4) is 0 Å². The van der Waals surface area contributed by atoms with Crippen molar-refractivity contribution in [3.63, 3.8) is 0 Å². The standard InChI is InChI=1S/C11H17N2O3PS/c1-5-15-17(14,16-6-2)10-9(4)12-11-13(10)8(3)7-18-11/h7H,5-6H2,1-4H3. The summed E-state index contributed by atoms with van der Waals surface area (Å²) < 4.78 is 25.5. The number of thiazole rings is 1. The number of nitrogens with zero attached hydrogens (tertiary/aromatic N) is 2. The zero-order valence-electron chi connectivity index (χ0n) is 11.0. The second kappa shape index (κ2) is 5.13. The molecular formula is C11H17N2O3PS. The van der Waals surface area contributed by atoms with E-state index in [2.05, 4.69) is 4.98 Å².